The fourth-order valence-electron chi connectivity index (χ4n) is 2.43. The van der Waals surface area contributed by atoms with E-state index in [-0.39, 0.29) is 12.4 Å². The van der Waals surface area contributed by atoms with Crippen molar-refractivity contribution in [2.75, 3.05) is 26.2 Å². The maximum atomic E-state index is 3.44. The highest BCUT2D eigenvalue weighted by molar-refractivity contribution is 5.85. The molecular formula is C15H25ClN2. The van der Waals surface area contributed by atoms with E-state index in [4.69, 9.17) is 0 Å². The number of halogens is 1. The minimum atomic E-state index is 0. The van der Waals surface area contributed by atoms with E-state index in [1.807, 2.05) is 0 Å². The fraction of sp³-hybridized carbons (Fsp3) is 0.600. The summed E-state index contributed by atoms with van der Waals surface area (Å²) in [5.41, 5.74) is 2.90. The molecule has 0 unspecified atom stereocenters. The average Bonchev–Trinajstić information content (AvgIpc) is 2.38. The number of nitrogens with one attached hydrogen (secondary N) is 1. The molecule has 1 aromatic rings. The monoisotopic (exact) mass is 268 g/mol. The lowest BCUT2D eigenvalue weighted by Gasteiger charge is -2.33. The van der Waals surface area contributed by atoms with Crippen LogP contribution in [0.2, 0.25) is 0 Å². The zero-order chi connectivity index (χ0) is 12.1. The van der Waals surface area contributed by atoms with E-state index in [0.717, 1.165) is 19.5 Å². The molecule has 0 spiro atoms. The molecule has 1 N–H and O–H groups in total. The van der Waals surface area contributed by atoms with Crippen molar-refractivity contribution in [2.24, 2.45) is 0 Å². The Kier molecular flexibility index (Phi) is 6.69. The molecule has 1 aliphatic heterocycles. The number of hydrogen-bond acceptors (Lipinski definition) is 2. The normalized spacial score (nSPS) is 20.4. The molecule has 0 saturated carbocycles. The molecular weight excluding hydrogens is 244 g/mol. The molecule has 2 nitrogen and oxygen atoms in total. The Bertz CT molecular complexity index is 337. The van der Waals surface area contributed by atoms with Crippen molar-refractivity contribution in [1.29, 1.82) is 0 Å². The van der Waals surface area contributed by atoms with Crippen LogP contribution in [0.5, 0.6) is 0 Å². The van der Waals surface area contributed by atoms with Gasteiger partial charge in [-0.15, -0.1) is 12.4 Å². The first-order chi connectivity index (χ1) is 8.29. The van der Waals surface area contributed by atoms with Crippen LogP contribution in [0.15, 0.2) is 24.3 Å². The van der Waals surface area contributed by atoms with Crippen LogP contribution in [0, 0.1) is 0 Å². The summed E-state index contributed by atoms with van der Waals surface area (Å²) in [5, 5.41) is 3.44. The van der Waals surface area contributed by atoms with E-state index in [0.29, 0.717) is 6.04 Å². The van der Waals surface area contributed by atoms with Gasteiger partial charge in [0.25, 0.3) is 0 Å². The maximum absolute atomic E-state index is 3.44. The molecule has 3 heteroatoms. The molecule has 2 rings (SSSR count). The van der Waals surface area contributed by atoms with E-state index in [1.54, 1.807) is 0 Å². The highest BCUT2D eigenvalue weighted by atomic mass is 35.5. The summed E-state index contributed by atoms with van der Waals surface area (Å²) < 4.78 is 0. The Morgan fingerprint density at radius 3 is 2.50 bits per heavy atom. The van der Waals surface area contributed by atoms with Crippen LogP contribution in [0.25, 0.3) is 0 Å². The molecule has 1 saturated heterocycles. The van der Waals surface area contributed by atoms with Crippen LogP contribution < -0.4 is 5.32 Å². The Labute approximate surface area is 117 Å². The van der Waals surface area contributed by atoms with Gasteiger partial charge in [-0.25, -0.2) is 0 Å². The minimum Gasteiger partial charge on any atom is -0.314 e. The molecule has 0 aliphatic carbocycles. The average molecular weight is 269 g/mol. The third-order valence-electron chi connectivity index (χ3n) is 3.76. The van der Waals surface area contributed by atoms with E-state index in [9.17, 15) is 0 Å². The standard InChI is InChI=1S/C15H24N2.ClH/c1-3-14-4-6-15(7-5-14)8-10-17-11-9-16-12-13(17)2;/h4-7,13,16H,3,8-12H2,1-2H3;1H/t13-;/m1./s1. The smallest absolute Gasteiger partial charge is 0.0193 e. The van der Waals surface area contributed by atoms with Gasteiger partial charge in [-0.2, -0.15) is 0 Å². The summed E-state index contributed by atoms with van der Waals surface area (Å²) in [6, 6.07) is 9.77. The van der Waals surface area contributed by atoms with E-state index in [2.05, 4.69) is 48.3 Å². The second-order valence-electron chi connectivity index (χ2n) is 5.01. The van der Waals surface area contributed by atoms with Gasteiger partial charge < -0.3 is 5.32 Å². The number of piperazine rings is 1. The molecule has 0 bridgehead atoms. The predicted octanol–water partition coefficient (Wildman–Crippen LogP) is 2.51. The van der Waals surface area contributed by atoms with Crippen LogP contribution in [-0.2, 0) is 12.8 Å². The van der Waals surface area contributed by atoms with E-state index >= 15 is 0 Å². The van der Waals surface area contributed by atoms with Gasteiger partial charge in [-0.05, 0) is 30.9 Å². The Morgan fingerprint density at radius 2 is 1.89 bits per heavy atom. The molecule has 0 aromatic heterocycles. The molecule has 18 heavy (non-hydrogen) atoms. The second kappa shape index (κ2) is 7.78. The zero-order valence-corrected chi connectivity index (χ0v) is 12.3. The van der Waals surface area contributed by atoms with Gasteiger partial charge in [-0.1, -0.05) is 31.2 Å². The lowest BCUT2D eigenvalue weighted by molar-refractivity contribution is 0.176. The largest absolute Gasteiger partial charge is 0.314 e. The summed E-state index contributed by atoms with van der Waals surface area (Å²) >= 11 is 0. The third kappa shape index (κ3) is 4.27. The van der Waals surface area contributed by atoms with Gasteiger partial charge in [0.1, 0.15) is 0 Å². The molecule has 1 aliphatic rings. The number of rotatable bonds is 4. The first kappa shape index (κ1) is 15.5. The third-order valence-corrected chi connectivity index (χ3v) is 3.76. The molecule has 1 atom stereocenters. The second-order valence-corrected chi connectivity index (χ2v) is 5.01. The van der Waals surface area contributed by atoms with Crippen molar-refractivity contribution in [3.8, 4) is 0 Å². The van der Waals surface area contributed by atoms with Crippen LogP contribution in [-0.4, -0.2) is 37.1 Å². The highest BCUT2D eigenvalue weighted by Crippen LogP contribution is 2.08. The summed E-state index contributed by atoms with van der Waals surface area (Å²) in [5.74, 6) is 0. The number of hydrogen-bond donors (Lipinski definition) is 1. The molecule has 1 heterocycles. The highest BCUT2D eigenvalue weighted by Gasteiger charge is 2.16. The van der Waals surface area contributed by atoms with E-state index < -0.39 is 0 Å². The fourth-order valence-corrected chi connectivity index (χ4v) is 2.43. The van der Waals surface area contributed by atoms with Gasteiger partial charge in [0.15, 0.2) is 0 Å². The lowest BCUT2D eigenvalue weighted by Crippen LogP contribution is -2.50. The van der Waals surface area contributed by atoms with Crippen molar-refractivity contribution >= 4 is 12.4 Å². The van der Waals surface area contributed by atoms with Crippen LogP contribution >= 0.6 is 12.4 Å². The van der Waals surface area contributed by atoms with Gasteiger partial charge in [0, 0.05) is 32.2 Å². The summed E-state index contributed by atoms with van der Waals surface area (Å²) in [6.45, 7) is 9.17. The van der Waals surface area contributed by atoms with Gasteiger partial charge in [0.05, 0.1) is 0 Å². The van der Waals surface area contributed by atoms with Crippen molar-refractivity contribution < 1.29 is 0 Å². The quantitative estimate of drug-likeness (QED) is 0.903. The number of benzene rings is 1. The summed E-state index contributed by atoms with van der Waals surface area (Å²) in [6.07, 6.45) is 2.31. The van der Waals surface area contributed by atoms with E-state index in [1.165, 1.54) is 30.6 Å². The summed E-state index contributed by atoms with van der Waals surface area (Å²) in [4.78, 5) is 2.59. The topological polar surface area (TPSA) is 15.3 Å². The molecule has 1 fully saturated rings. The van der Waals surface area contributed by atoms with Crippen molar-refractivity contribution in [3.63, 3.8) is 0 Å². The van der Waals surface area contributed by atoms with Gasteiger partial charge >= 0.3 is 0 Å². The maximum Gasteiger partial charge on any atom is 0.0193 e. The predicted molar refractivity (Wildman–Crippen MR) is 80.7 cm³/mol. The molecule has 0 amide bonds. The Morgan fingerprint density at radius 1 is 1.22 bits per heavy atom. The zero-order valence-electron chi connectivity index (χ0n) is 11.5. The minimum absolute atomic E-state index is 0. The molecule has 102 valence electrons. The van der Waals surface area contributed by atoms with Crippen LogP contribution in [0.4, 0.5) is 0 Å². The molecule has 1 aromatic carbocycles. The Balaban J connectivity index is 0.00000162. The first-order valence-corrected chi connectivity index (χ1v) is 6.82. The van der Waals surface area contributed by atoms with Crippen LogP contribution in [0.3, 0.4) is 0 Å². The molecule has 0 radical (unpaired) electrons. The van der Waals surface area contributed by atoms with Crippen molar-refractivity contribution in [1.82, 2.24) is 10.2 Å². The number of nitrogens with zero attached hydrogens (tertiary/aromatic N) is 1. The summed E-state index contributed by atoms with van der Waals surface area (Å²) in [7, 11) is 0. The first-order valence-electron chi connectivity index (χ1n) is 6.82. The van der Waals surface area contributed by atoms with Crippen molar-refractivity contribution in [2.45, 2.75) is 32.7 Å². The van der Waals surface area contributed by atoms with Crippen LogP contribution in [0.1, 0.15) is 25.0 Å². The van der Waals surface area contributed by atoms with Crippen molar-refractivity contribution in [3.05, 3.63) is 35.4 Å². The lowest BCUT2D eigenvalue weighted by atomic mass is 10.1. The SMILES string of the molecule is CCc1ccc(CCN2CCNC[C@H]2C)cc1.Cl. The van der Waals surface area contributed by atoms with Gasteiger partial charge in [0.2, 0.25) is 0 Å². The van der Waals surface area contributed by atoms with Gasteiger partial charge in [-0.3, -0.25) is 4.90 Å². The number of aryl methyl sites for hydroxylation is 1. The Hall–Kier alpha value is -0.570.